The number of rotatable bonds is 10. The summed E-state index contributed by atoms with van der Waals surface area (Å²) in [7, 11) is -0.0405. The van der Waals surface area contributed by atoms with E-state index in [4.69, 9.17) is 0 Å². The van der Waals surface area contributed by atoms with Crippen molar-refractivity contribution in [3.63, 3.8) is 0 Å². The molecule has 11 heteroatoms. The van der Waals surface area contributed by atoms with Crippen LogP contribution in [-0.2, 0) is 17.8 Å². The van der Waals surface area contributed by atoms with E-state index in [-0.39, 0.29) is 23.6 Å². The summed E-state index contributed by atoms with van der Waals surface area (Å²) in [4.78, 5) is 25.6. The van der Waals surface area contributed by atoms with Crippen molar-refractivity contribution in [1.82, 2.24) is 25.4 Å². The number of hydrogen-bond donors (Lipinski definition) is 4. The Morgan fingerprint density at radius 2 is 1.95 bits per heavy atom. The molecule has 0 saturated carbocycles. The Hall–Kier alpha value is -3.64. The van der Waals surface area contributed by atoms with E-state index in [0.29, 0.717) is 0 Å². The first-order chi connectivity index (χ1) is 17.8. The highest BCUT2D eigenvalue weighted by Gasteiger charge is 2.29. The smallest absolute Gasteiger partial charge is 0.422 e. The third-order valence-corrected chi connectivity index (χ3v) is 6.79. The van der Waals surface area contributed by atoms with Crippen molar-refractivity contribution < 1.29 is 14.8 Å². The molecule has 1 aromatic heterocycles. The highest BCUT2D eigenvalue weighted by molar-refractivity contribution is 7.07. The Balaban J connectivity index is 1.58. The average molecular weight is 519 g/mol. The van der Waals surface area contributed by atoms with Crippen molar-refractivity contribution in [1.29, 1.82) is 0 Å². The second-order valence-electron chi connectivity index (χ2n) is 8.75. The molecule has 0 radical (unpaired) electrons. The molecule has 2 aromatic carbocycles. The fourth-order valence-corrected chi connectivity index (χ4v) is 4.64. The van der Waals surface area contributed by atoms with Crippen LogP contribution < -0.4 is 15.6 Å². The zero-order valence-electron chi connectivity index (χ0n) is 20.7. The lowest BCUT2D eigenvalue weighted by Gasteiger charge is -2.28. The molecule has 0 spiro atoms. The summed E-state index contributed by atoms with van der Waals surface area (Å²) >= 11 is 1.06. The maximum absolute atomic E-state index is 13.5. The lowest BCUT2D eigenvalue weighted by atomic mass is 9.83. The fraction of sp³-hybridized carbons (Fsp3) is 0.231. The molecule has 1 aliphatic rings. The van der Waals surface area contributed by atoms with Crippen LogP contribution in [0, 0.1) is 5.92 Å². The van der Waals surface area contributed by atoms with Gasteiger partial charge in [0.2, 0.25) is 5.91 Å². The van der Waals surface area contributed by atoms with E-state index in [9.17, 15) is 19.6 Å². The topological polar surface area (TPSA) is 110 Å². The molecular weight excluding hydrogens is 489 g/mol. The van der Waals surface area contributed by atoms with Crippen LogP contribution in [0.2, 0.25) is 0 Å². The molecule has 192 valence electrons. The molecule has 1 atom stereocenters. The molecule has 1 amide bonds. The molecule has 4 N–H and O–H groups in total. The summed E-state index contributed by atoms with van der Waals surface area (Å²) in [6, 6.07) is 17.4. The van der Waals surface area contributed by atoms with Crippen LogP contribution in [0.1, 0.15) is 23.6 Å². The summed E-state index contributed by atoms with van der Waals surface area (Å²) in [5.74, 6) is -1.12. The van der Waals surface area contributed by atoms with Crippen molar-refractivity contribution in [3.05, 3.63) is 104 Å². The summed E-state index contributed by atoms with van der Waals surface area (Å²) in [5, 5.41) is 28.0. The van der Waals surface area contributed by atoms with Crippen molar-refractivity contribution in [2.75, 3.05) is 13.6 Å². The molecule has 37 heavy (non-hydrogen) atoms. The Labute approximate surface area is 220 Å². The van der Waals surface area contributed by atoms with Crippen molar-refractivity contribution in [3.8, 4) is 0 Å². The molecule has 0 saturated heterocycles. The monoisotopic (exact) mass is 519 g/mol. The minimum Gasteiger partial charge on any atom is -0.422 e. The number of amides is 1. The fourth-order valence-electron chi connectivity index (χ4n) is 4.05. The Morgan fingerprint density at radius 3 is 2.62 bits per heavy atom. The number of nitrogens with zero attached hydrogens (tertiary/aromatic N) is 3. The minimum absolute atomic E-state index is 0.0330. The number of aromatic nitrogens is 1. The number of nitrogens with one attached hydrogen (secondary N) is 2. The van der Waals surface area contributed by atoms with Crippen LogP contribution in [0.3, 0.4) is 0 Å². The van der Waals surface area contributed by atoms with E-state index >= 15 is 0 Å². The van der Waals surface area contributed by atoms with Crippen LogP contribution in [0.15, 0.2) is 82.8 Å². The summed E-state index contributed by atoms with van der Waals surface area (Å²) < 4.78 is 1.49. The molecule has 2 heterocycles. The van der Waals surface area contributed by atoms with E-state index in [1.54, 1.807) is 22.8 Å². The lowest BCUT2D eigenvalue weighted by Crippen LogP contribution is -2.46. The van der Waals surface area contributed by atoms with E-state index < -0.39 is 18.9 Å². The van der Waals surface area contributed by atoms with Gasteiger partial charge in [0.05, 0.1) is 11.6 Å². The van der Waals surface area contributed by atoms with Crippen LogP contribution in [0.5, 0.6) is 0 Å². The molecule has 1 unspecified atom stereocenters. The van der Waals surface area contributed by atoms with Gasteiger partial charge < -0.3 is 19.9 Å². The summed E-state index contributed by atoms with van der Waals surface area (Å²) in [5.41, 5.74) is 6.94. The van der Waals surface area contributed by atoms with Gasteiger partial charge in [0.1, 0.15) is 0 Å². The van der Waals surface area contributed by atoms with Crippen LogP contribution in [-0.4, -0.2) is 51.4 Å². The van der Waals surface area contributed by atoms with E-state index in [2.05, 4.69) is 10.7 Å². The number of thiazole rings is 1. The number of hydrogen-bond acceptors (Lipinski definition) is 8. The first kappa shape index (κ1) is 26.4. The standard InChI is InChI=1S/C26H30BN5O4S/c1-3-19-8-7-9-20(14-19)15-24(27(35)36)28-25(33)22(16-31-12-13-37-26(31)34)17-32-18-23(29-30(32)2)21-10-5-4-6-11-21/h4-15,18,22,29,35-36H,3,16-17H2,1-2H3,(H,28,33)/b24-15+. The zero-order valence-corrected chi connectivity index (χ0v) is 21.6. The quantitative estimate of drug-likeness (QED) is 0.303. The lowest BCUT2D eigenvalue weighted by molar-refractivity contribution is -0.126. The van der Waals surface area contributed by atoms with Crippen molar-refractivity contribution >= 4 is 36.1 Å². The highest BCUT2D eigenvalue weighted by Crippen LogP contribution is 2.20. The second kappa shape index (κ2) is 12.1. The zero-order chi connectivity index (χ0) is 26.4. The Morgan fingerprint density at radius 1 is 1.16 bits per heavy atom. The Kier molecular flexibility index (Phi) is 8.62. The molecule has 9 nitrogen and oxygen atoms in total. The molecule has 0 aliphatic carbocycles. The van der Waals surface area contributed by atoms with Crippen molar-refractivity contribution in [2.24, 2.45) is 5.92 Å². The van der Waals surface area contributed by atoms with Gasteiger partial charge in [-0.25, -0.2) is 0 Å². The first-order valence-electron chi connectivity index (χ1n) is 12.0. The molecule has 0 fully saturated rings. The third kappa shape index (κ3) is 6.78. The van der Waals surface area contributed by atoms with Gasteiger partial charge >= 0.3 is 12.0 Å². The van der Waals surface area contributed by atoms with Gasteiger partial charge in [0.25, 0.3) is 0 Å². The average Bonchev–Trinajstić information content (AvgIpc) is 3.48. The third-order valence-electron chi connectivity index (χ3n) is 6.10. The number of carbonyl (C=O) groups is 1. The number of benzene rings is 2. The van der Waals surface area contributed by atoms with Crippen molar-refractivity contribution in [2.45, 2.75) is 19.9 Å². The predicted octanol–water partition coefficient (Wildman–Crippen LogP) is 1.92. The first-order valence-corrected chi connectivity index (χ1v) is 12.9. The minimum atomic E-state index is -1.88. The molecular formula is C26H30BN5O4S. The van der Waals surface area contributed by atoms with E-state index in [0.717, 1.165) is 40.1 Å². The van der Waals surface area contributed by atoms with Crippen LogP contribution >= 0.6 is 11.3 Å². The van der Waals surface area contributed by atoms with Gasteiger partial charge in [-0.3, -0.25) is 20.0 Å². The maximum Gasteiger partial charge on any atom is 0.505 e. The van der Waals surface area contributed by atoms with Gasteiger partial charge in [-0.15, -0.1) is 5.12 Å². The number of aryl methyl sites for hydroxylation is 1. The SMILES string of the molecule is CCc1cccc(/C=C(/NC(=O)C(CN2C=C(c3ccccc3)NN2C)Cn2ccsc2=O)B(O)O)c1. The van der Waals surface area contributed by atoms with Gasteiger partial charge in [-0.05, 0) is 23.6 Å². The summed E-state index contributed by atoms with van der Waals surface area (Å²) in [6.07, 6.45) is 5.93. The van der Waals surface area contributed by atoms with E-state index in [1.165, 1.54) is 4.57 Å². The second-order valence-corrected chi connectivity index (χ2v) is 9.60. The molecule has 0 bridgehead atoms. The van der Waals surface area contributed by atoms with Crippen LogP contribution in [0.4, 0.5) is 0 Å². The largest absolute Gasteiger partial charge is 0.505 e. The number of hydrazine groups is 2. The normalized spacial score (nSPS) is 14.8. The number of carbonyl (C=O) groups excluding carboxylic acids is 1. The molecule has 3 aromatic rings. The maximum atomic E-state index is 13.5. The van der Waals surface area contributed by atoms with Gasteiger partial charge in [0.15, 0.2) is 0 Å². The van der Waals surface area contributed by atoms with Gasteiger partial charge in [-0.1, -0.05) is 72.9 Å². The molecule has 1 aliphatic heterocycles. The van der Waals surface area contributed by atoms with Crippen LogP contribution in [0.25, 0.3) is 11.8 Å². The highest BCUT2D eigenvalue weighted by atomic mass is 32.1. The van der Waals surface area contributed by atoms with Gasteiger partial charge in [0, 0.05) is 49.1 Å². The van der Waals surface area contributed by atoms with E-state index in [1.807, 2.05) is 79.8 Å². The Bertz CT molecular complexity index is 1340. The summed E-state index contributed by atoms with van der Waals surface area (Å²) in [6.45, 7) is 2.41. The van der Waals surface area contributed by atoms with Gasteiger partial charge in [-0.2, -0.15) is 0 Å². The molecule has 4 rings (SSSR count). The predicted molar refractivity (Wildman–Crippen MR) is 146 cm³/mol.